The molecule has 0 heterocycles. The molecule has 0 aromatic heterocycles. The first-order valence-electron chi connectivity index (χ1n) is 7.08. The lowest BCUT2D eigenvalue weighted by Crippen LogP contribution is -2.37. The minimum Gasteiger partial charge on any atom is -0.327 e. The number of benzene rings is 1. The van der Waals surface area contributed by atoms with Gasteiger partial charge >= 0.3 is 0 Å². The van der Waals surface area contributed by atoms with E-state index in [1.807, 2.05) is 11.8 Å². The second-order valence-corrected chi connectivity index (χ2v) is 7.06. The highest BCUT2D eigenvalue weighted by molar-refractivity contribution is 7.99. The fourth-order valence-corrected chi connectivity index (χ4v) is 4.21. The Bertz CT molecular complexity index is 341. The van der Waals surface area contributed by atoms with Gasteiger partial charge in [0.15, 0.2) is 0 Å². The standard InChI is InChI=1S/C16H25NS/c1-12-8-13(2)10-14(9-12)16(17)11-18-15-6-4-3-5-7-15/h3-7,12-14,16H,8-11,17H2,1-2H3. The van der Waals surface area contributed by atoms with Crippen LogP contribution in [0.15, 0.2) is 35.2 Å². The molecule has 3 unspecified atom stereocenters. The summed E-state index contributed by atoms with van der Waals surface area (Å²) in [5.41, 5.74) is 6.40. The van der Waals surface area contributed by atoms with Crippen molar-refractivity contribution in [3.05, 3.63) is 30.3 Å². The predicted octanol–water partition coefficient (Wildman–Crippen LogP) is 4.18. The predicted molar refractivity (Wildman–Crippen MR) is 80.8 cm³/mol. The van der Waals surface area contributed by atoms with Gasteiger partial charge in [0.25, 0.3) is 0 Å². The van der Waals surface area contributed by atoms with Gasteiger partial charge in [-0.25, -0.2) is 0 Å². The van der Waals surface area contributed by atoms with E-state index in [1.165, 1.54) is 24.2 Å². The van der Waals surface area contributed by atoms with Gasteiger partial charge in [-0.15, -0.1) is 11.8 Å². The largest absolute Gasteiger partial charge is 0.327 e. The molecule has 1 saturated carbocycles. The van der Waals surface area contributed by atoms with Gasteiger partial charge in [0.2, 0.25) is 0 Å². The number of nitrogens with two attached hydrogens (primary N) is 1. The number of hydrogen-bond donors (Lipinski definition) is 1. The molecule has 1 nitrogen and oxygen atoms in total. The molecule has 0 bridgehead atoms. The Hall–Kier alpha value is -0.470. The Morgan fingerprint density at radius 1 is 1.11 bits per heavy atom. The molecule has 100 valence electrons. The highest BCUT2D eigenvalue weighted by Gasteiger charge is 2.27. The van der Waals surface area contributed by atoms with E-state index in [1.54, 1.807) is 0 Å². The van der Waals surface area contributed by atoms with E-state index >= 15 is 0 Å². The van der Waals surface area contributed by atoms with Crippen LogP contribution in [0.5, 0.6) is 0 Å². The quantitative estimate of drug-likeness (QED) is 0.825. The molecule has 0 spiro atoms. The van der Waals surface area contributed by atoms with Crippen molar-refractivity contribution < 1.29 is 0 Å². The summed E-state index contributed by atoms with van der Waals surface area (Å²) in [4.78, 5) is 1.34. The molecular formula is C16H25NS. The average molecular weight is 263 g/mol. The third kappa shape index (κ3) is 4.03. The fourth-order valence-electron chi connectivity index (χ4n) is 3.20. The summed E-state index contributed by atoms with van der Waals surface area (Å²) >= 11 is 1.90. The first-order valence-corrected chi connectivity index (χ1v) is 8.07. The summed E-state index contributed by atoms with van der Waals surface area (Å²) < 4.78 is 0. The van der Waals surface area contributed by atoms with Gasteiger partial charge in [-0.2, -0.15) is 0 Å². The van der Waals surface area contributed by atoms with Gasteiger partial charge in [-0.1, -0.05) is 32.0 Å². The second-order valence-electron chi connectivity index (χ2n) is 5.97. The van der Waals surface area contributed by atoms with Crippen molar-refractivity contribution in [3.63, 3.8) is 0 Å². The van der Waals surface area contributed by atoms with Crippen molar-refractivity contribution in [1.82, 2.24) is 0 Å². The van der Waals surface area contributed by atoms with Crippen LogP contribution in [-0.2, 0) is 0 Å². The van der Waals surface area contributed by atoms with Crippen LogP contribution in [0.25, 0.3) is 0 Å². The van der Waals surface area contributed by atoms with Crippen LogP contribution in [0.3, 0.4) is 0 Å². The monoisotopic (exact) mass is 263 g/mol. The van der Waals surface area contributed by atoms with Crippen LogP contribution in [0.2, 0.25) is 0 Å². The van der Waals surface area contributed by atoms with E-state index in [2.05, 4.69) is 44.2 Å². The fraction of sp³-hybridized carbons (Fsp3) is 0.625. The Kier molecular flexibility index (Phi) is 5.13. The van der Waals surface area contributed by atoms with Crippen LogP contribution in [0, 0.1) is 17.8 Å². The molecule has 0 saturated heterocycles. The summed E-state index contributed by atoms with van der Waals surface area (Å²) in [5, 5.41) is 0. The molecule has 0 amide bonds. The molecule has 1 aromatic rings. The van der Waals surface area contributed by atoms with Crippen molar-refractivity contribution in [2.45, 2.75) is 44.0 Å². The van der Waals surface area contributed by atoms with E-state index < -0.39 is 0 Å². The summed E-state index contributed by atoms with van der Waals surface area (Å²) in [6.45, 7) is 4.75. The summed E-state index contributed by atoms with van der Waals surface area (Å²) in [6, 6.07) is 10.9. The van der Waals surface area contributed by atoms with E-state index in [0.29, 0.717) is 6.04 Å². The zero-order valence-electron chi connectivity index (χ0n) is 11.5. The number of rotatable bonds is 4. The van der Waals surface area contributed by atoms with Crippen molar-refractivity contribution in [2.24, 2.45) is 23.5 Å². The van der Waals surface area contributed by atoms with Crippen LogP contribution in [0.4, 0.5) is 0 Å². The maximum Gasteiger partial charge on any atom is 0.0162 e. The average Bonchev–Trinajstić information content (AvgIpc) is 2.36. The Morgan fingerprint density at radius 3 is 2.33 bits per heavy atom. The van der Waals surface area contributed by atoms with E-state index in [-0.39, 0.29) is 0 Å². The molecule has 2 rings (SSSR count). The minimum absolute atomic E-state index is 0.348. The van der Waals surface area contributed by atoms with Crippen LogP contribution >= 0.6 is 11.8 Å². The molecule has 0 aliphatic heterocycles. The van der Waals surface area contributed by atoms with Crippen molar-refractivity contribution in [2.75, 3.05) is 5.75 Å². The van der Waals surface area contributed by atoms with E-state index in [4.69, 9.17) is 5.73 Å². The van der Waals surface area contributed by atoms with Gasteiger partial charge in [-0.05, 0) is 49.1 Å². The molecule has 2 heteroatoms. The molecule has 1 aromatic carbocycles. The lowest BCUT2D eigenvalue weighted by atomic mass is 9.74. The third-order valence-electron chi connectivity index (χ3n) is 4.01. The molecule has 3 atom stereocenters. The van der Waals surface area contributed by atoms with E-state index in [9.17, 15) is 0 Å². The molecule has 0 radical (unpaired) electrons. The third-order valence-corrected chi connectivity index (χ3v) is 5.16. The molecule has 2 N–H and O–H groups in total. The van der Waals surface area contributed by atoms with Crippen LogP contribution < -0.4 is 5.73 Å². The Morgan fingerprint density at radius 2 is 1.72 bits per heavy atom. The maximum absolute atomic E-state index is 6.40. The molecular weight excluding hydrogens is 238 g/mol. The van der Waals surface area contributed by atoms with Gasteiger partial charge < -0.3 is 5.73 Å². The molecule has 18 heavy (non-hydrogen) atoms. The highest BCUT2D eigenvalue weighted by atomic mass is 32.2. The Balaban J connectivity index is 1.82. The zero-order chi connectivity index (χ0) is 13.0. The van der Waals surface area contributed by atoms with Crippen molar-refractivity contribution in [3.8, 4) is 0 Å². The molecule has 1 fully saturated rings. The van der Waals surface area contributed by atoms with Gasteiger partial charge in [0.1, 0.15) is 0 Å². The summed E-state index contributed by atoms with van der Waals surface area (Å²) in [7, 11) is 0. The second kappa shape index (κ2) is 6.63. The van der Waals surface area contributed by atoms with E-state index in [0.717, 1.165) is 23.5 Å². The lowest BCUT2D eigenvalue weighted by Gasteiger charge is -2.34. The van der Waals surface area contributed by atoms with Crippen molar-refractivity contribution in [1.29, 1.82) is 0 Å². The molecule has 1 aliphatic carbocycles. The number of thioether (sulfide) groups is 1. The summed E-state index contributed by atoms with van der Waals surface area (Å²) in [5.74, 6) is 3.48. The first kappa shape index (κ1) is 14.0. The van der Waals surface area contributed by atoms with Crippen molar-refractivity contribution >= 4 is 11.8 Å². The molecule has 1 aliphatic rings. The van der Waals surface area contributed by atoms with Gasteiger partial charge in [0, 0.05) is 16.7 Å². The lowest BCUT2D eigenvalue weighted by molar-refractivity contribution is 0.200. The highest BCUT2D eigenvalue weighted by Crippen LogP contribution is 2.35. The van der Waals surface area contributed by atoms with Crippen LogP contribution in [0.1, 0.15) is 33.1 Å². The topological polar surface area (TPSA) is 26.0 Å². The number of hydrogen-bond acceptors (Lipinski definition) is 2. The maximum atomic E-state index is 6.40. The first-order chi connectivity index (χ1) is 8.65. The Labute approximate surface area is 116 Å². The smallest absolute Gasteiger partial charge is 0.0162 e. The summed E-state index contributed by atoms with van der Waals surface area (Å²) in [6.07, 6.45) is 4.02. The van der Waals surface area contributed by atoms with Crippen LogP contribution in [-0.4, -0.2) is 11.8 Å². The minimum atomic E-state index is 0.348. The normalized spacial score (nSPS) is 30.1. The van der Waals surface area contributed by atoms with Gasteiger partial charge in [-0.3, -0.25) is 0 Å². The SMILES string of the molecule is CC1CC(C)CC(C(N)CSc2ccccc2)C1. The van der Waals surface area contributed by atoms with Gasteiger partial charge in [0.05, 0.1) is 0 Å². The zero-order valence-corrected chi connectivity index (χ0v) is 12.3.